The van der Waals surface area contributed by atoms with Crippen LogP contribution >= 0.6 is 22.9 Å². The summed E-state index contributed by atoms with van der Waals surface area (Å²) in [6, 6.07) is 12.8. The Bertz CT molecular complexity index is 1300. The van der Waals surface area contributed by atoms with Crippen LogP contribution < -0.4 is 5.56 Å². The van der Waals surface area contributed by atoms with Crippen LogP contribution in [0.1, 0.15) is 39.0 Å². The van der Waals surface area contributed by atoms with Crippen molar-refractivity contribution < 1.29 is 9.21 Å². The fourth-order valence-corrected chi connectivity index (χ4v) is 4.98. The van der Waals surface area contributed by atoms with Gasteiger partial charge in [0.2, 0.25) is 0 Å². The quantitative estimate of drug-likeness (QED) is 0.451. The summed E-state index contributed by atoms with van der Waals surface area (Å²) in [6.07, 6.45) is 2.53. The van der Waals surface area contributed by atoms with Crippen LogP contribution in [-0.2, 0) is 6.42 Å². The number of hydrogen-bond donors (Lipinski definition) is 1. The van der Waals surface area contributed by atoms with Gasteiger partial charge in [0.1, 0.15) is 10.8 Å². The van der Waals surface area contributed by atoms with Gasteiger partial charge in [-0.15, -0.1) is 11.3 Å². The van der Waals surface area contributed by atoms with Crippen molar-refractivity contribution in [3.05, 3.63) is 86.0 Å². The highest BCUT2D eigenvalue weighted by molar-refractivity contribution is 7.15. The van der Waals surface area contributed by atoms with E-state index in [1.54, 1.807) is 12.3 Å². The average molecular weight is 437 g/mol. The van der Waals surface area contributed by atoms with Crippen molar-refractivity contribution in [2.24, 2.45) is 0 Å². The zero-order valence-electron chi connectivity index (χ0n) is 16.1. The van der Waals surface area contributed by atoms with E-state index in [1.807, 2.05) is 43.3 Å². The minimum Gasteiger partial charge on any atom is -0.469 e. The number of aryl methyl sites for hydroxylation is 1. The second-order valence-corrected chi connectivity index (χ2v) is 9.02. The zero-order chi connectivity index (χ0) is 20.8. The first-order valence-corrected chi connectivity index (χ1v) is 10.8. The number of aromatic amines is 1. The summed E-state index contributed by atoms with van der Waals surface area (Å²) in [5.74, 6) is 0.712. The number of pyridine rings is 1. The maximum atomic E-state index is 12.9. The van der Waals surface area contributed by atoms with Gasteiger partial charge in [0.15, 0.2) is 5.78 Å². The molecule has 0 fully saturated rings. The van der Waals surface area contributed by atoms with Gasteiger partial charge in [-0.3, -0.25) is 9.59 Å². The largest absolute Gasteiger partial charge is 0.469 e. The maximum Gasteiger partial charge on any atom is 0.258 e. The molecule has 3 heterocycles. The fraction of sp³-hybridized carbons (Fsp3) is 0.174. The summed E-state index contributed by atoms with van der Waals surface area (Å²) in [4.78, 5) is 34.3. The molecule has 0 spiro atoms. The molecule has 0 radical (unpaired) electrons. The minimum absolute atomic E-state index is 0.00125. The van der Waals surface area contributed by atoms with E-state index in [4.69, 9.17) is 21.0 Å². The minimum atomic E-state index is -0.238. The summed E-state index contributed by atoms with van der Waals surface area (Å²) in [7, 11) is 0. The van der Waals surface area contributed by atoms with Gasteiger partial charge < -0.3 is 9.40 Å². The number of carbonyl (C=O) groups is 1. The molecule has 3 aromatic heterocycles. The smallest absolute Gasteiger partial charge is 0.258 e. The summed E-state index contributed by atoms with van der Waals surface area (Å²) in [6.45, 7) is 1.97. The standard InChI is InChI=1S/C23H17ClN2O3S/c1-12-21(13-4-6-15(24)7-5-13)26-23(30-12)17-11-16-18(25-22(17)28)9-14(10-19(16)27)20-3-2-8-29-20/h2-8,11,14H,9-10H2,1H3,(H,25,28)/t14-/m0/s1. The highest BCUT2D eigenvalue weighted by atomic mass is 35.5. The molecule has 1 aromatic carbocycles. The molecule has 5 nitrogen and oxygen atoms in total. The highest BCUT2D eigenvalue weighted by Gasteiger charge is 2.30. The van der Waals surface area contributed by atoms with Crippen molar-refractivity contribution in [1.29, 1.82) is 0 Å². The van der Waals surface area contributed by atoms with Crippen molar-refractivity contribution in [2.75, 3.05) is 0 Å². The van der Waals surface area contributed by atoms with Gasteiger partial charge in [-0.2, -0.15) is 0 Å². The molecule has 0 saturated carbocycles. The number of benzene rings is 1. The number of nitrogens with zero attached hydrogens (tertiary/aromatic N) is 1. The van der Waals surface area contributed by atoms with Crippen LogP contribution in [0.15, 0.2) is 57.9 Å². The van der Waals surface area contributed by atoms with Crippen LogP contribution in [0.2, 0.25) is 5.02 Å². The van der Waals surface area contributed by atoms with Gasteiger partial charge in [-0.05, 0) is 43.7 Å². The van der Waals surface area contributed by atoms with Crippen LogP contribution in [0, 0.1) is 6.92 Å². The number of thiazole rings is 1. The lowest BCUT2D eigenvalue weighted by atomic mass is 9.84. The van der Waals surface area contributed by atoms with Crippen LogP contribution in [0.25, 0.3) is 21.8 Å². The third-order valence-corrected chi connectivity index (χ3v) is 6.65. The number of carbonyl (C=O) groups excluding carboxylic acids is 1. The molecule has 0 amide bonds. The number of furan rings is 1. The lowest BCUT2D eigenvalue weighted by Crippen LogP contribution is -2.24. The first-order valence-electron chi connectivity index (χ1n) is 9.56. The maximum absolute atomic E-state index is 12.9. The van der Waals surface area contributed by atoms with E-state index >= 15 is 0 Å². The molecule has 7 heteroatoms. The number of fused-ring (bicyclic) bond motifs is 1. The number of aromatic nitrogens is 2. The predicted molar refractivity (Wildman–Crippen MR) is 117 cm³/mol. The van der Waals surface area contributed by atoms with Crippen LogP contribution in [-0.4, -0.2) is 15.8 Å². The number of H-pyrrole nitrogens is 1. The van der Waals surface area contributed by atoms with E-state index in [1.165, 1.54) is 11.3 Å². The third-order valence-electron chi connectivity index (χ3n) is 5.40. The Morgan fingerprint density at radius 2 is 1.93 bits per heavy atom. The molecule has 1 aliphatic carbocycles. The third kappa shape index (κ3) is 3.32. The number of rotatable bonds is 3. The molecular weight excluding hydrogens is 420 g/mol. The van der Waals surface area contributed by atoms with Crippen LogP contribution in [0.3, 0.4) is 0 Å². The van der Waals surface area contributed by atoms with Gasteiger partial charge in [0.25, 0.3) is 5.56 Å². The molecule has 5 rings (SSSR count). The first kappa shape index (κ1) is 19.0. The number of Topliss-reactive ketones (excluding diaryl/α,β-unsaturated/α-hetero) is 1. The SMILES string of the molecule is Cc1sc(-c2cc3c([nH]c2=O)C[C@H](c2ccco2)CC3=O)nc1-c1ccc(Cl)cc1. The molecule has 0 saturated heterocycles. The Kier molecular flexibility index (Phi) is 4.68. The van der Waals surface area contributed by atoms with E-state index in [0.29, 0.717) is 39.7 Å². The van der Waals surface area contributed by atoms with Crippen LogP contribution in [0.4, 0.5) is 0 Å². The second-order valence-electron chi connectivity index (χ2n) is 7.38. The van der Waals surface area contributed by atoms with E-state index in [-0.39, 0.29) is 17.3 Å². The Morgan fingerprint density at radius 1 is 1.13 bits per heavy atom. The first-order chi connectivity index (χ1) is 14.5. The normalized spacial score (nSPS) is 15.9. The Morgan fingerprint density at radius 3 is 2.67 bits per heavy atom. The molecule has 0 bridgehead atoms. The highest BCUT2D eigenvalue weighted by Crippen LogP contribution is 2.35. The van der Waals surface area contributed by atoms with E-state index in [9.17, 15) is 9.59 Å². The van der Waals surface area contributed by atoms with Gasteiger partial charge in [0.05, 0.1) is 17.5 Å². The lowest BCUT2D eigenvalue weighted by Gasteiger charge is -2.22. The number of hydrogen-bond acceptors (Lipinski definition) is 5. The number of halogens is 1. The Hall–Kier alpha value is -2.96. The average Bonchev–Trinajstić information content (AvgIpc) is 3.38. The topological polar surface area (TPSA) is 76.0 Å². The second kappa shape index (κ2) is 7.38. The number of nitrogens with one attached hydrogen (secondary N) is 1. The fourth-order valence-electron chi connectivity index (χ4n) is 3.90. The van der Waals surface area contributed by atoms with Gasteiger partial charge >= 0.3 is 0 Å². The lowest BCUT2D eigenvalue weighted by molar-refractivity contribution is 0.0959. The molecule has 150 valence electrons. The molecular formula is C23H17ClN2O3S. The molecule has 0 unspecified atom stereocenters. The molecule has 0 aliphatic heterocycles. The Labute approximate surface area is 181 Å². The summed E-state index contributed by atoms with van der Waals surface area (Å²) < 4.78 is 5.46. The molecule has 4 aromatic rings. The molecule has 30 heavy (non-hydrogen) atoms. The zero-order valence-corrected chi connectivity index (χ0v) is 17.6. The monoisotopic (exact) mass is 436 g/mol. The van der Waals surface area contributed by atoms with Crippen molar-refractivity contribution in [3.8, 4) is 21.8 Å². The van der Waals surface area contributed by atoms with E-state index in [0.717, 1.165) is 21.9 Å². The van der Waals surface area contributed by atoms with Gasteiger partial charge in [-0.25, -0.2) is 4.98 Å². The van der Waals surface area contributed by atoms with Gasteiger partial charge in [-0.1, -0.05) is 23.7 Å². The molecule has 1 aliphatic rings. The number of ketones is 1. The summed E-state index contributed by atoms with van der Waals surface area (Å²) in [5, 5.41) is 1.26. The van der Waals surface area contributed by atoms with Crippen molar-refractivity contribution >= 4 is 28.7 Å². The molecule has 1 atom stereocenters. The van der Waals surface area contributed by atoms with E-state index in [2.05, 4.69) is 4.98 Å². The molecule has 1 N–H and O–H groups in total. The van der Waals surface area contributed by atoms with Crippen molar-refractivity contribution in [1.82, 2.24) is 9.97 Å². The summed E-state index contributed by atoms with van der Waals surface area (Å²) in [5.41, 5.74) is 3.16. The Balaban J connectivity index is 1.54. The summed E-state index contributed by atoms with van der Waals surface area (Å²) >= 11 is 7.42. The van der Waals surface area contributed by atoms with Crippen molar-refractivity contribution in [3.63, 3.8) is 0 Å². The van der Waals surface area contributed by atoms with E-state index < -0.39 is 0 Å². The van der Waals surface area contributed by atoms with Crippen molar-refractivity contribution in [2.45, 2.75) is 25.7 Å². The van der Waals surface area contributed by atoms with Crippen LogP contribution in [0.5, 0.6) is 0 Å². The predicted octanol–water partition coefficient (Wildman–Crippen LogP) is 5.63. The van der Waals surface area contributed by atoms with Gasteiger partial charge in [0, 0.05) is 39.1 Å².